The minimum Gasteiger partial charge on any atom is -0.497 e. The topological polar surface area (TPSA) is 86.1 Å². The Bertz CT molecular complexity index is 1080. The lowest BCUT2D eigenvalue weighted by Crippen LogP contribution is -2.35. The molecular formula is C21H22N4O3. The Balaban J connectivity index is 1.82. The molecule has 1 amide bonds. The van der Waals surface area contributed by atoms with Gasteiger partial charge in [-0.05, 0) is 44.5 Å². The van der Waals surface area contributed by atoms with E-state index >= 15 is 0 Å². The molecule has 3 aromatic rings. The molecule has 0 aliphatic rings. The van der Waals surface area contributed by atoms with Crippen LogP contribution in [0.25, 0.3) is 11.3 Å². The second-order valence-electron chi connectivity index (χ2n) is 6.58. The van der Waals surface area contributed by atoms with Crippen LogP contribution in [0, 0.1) is 13.8 Å². The minimum atomic E-state index is -0.805. The van der Waals surface area contributed by atoms with Gasteiger partial charge in [-0.2, -0.15) is 10.1 Å². The lowest BCUT2D eigenvalue weighted by molar-refractivity contribution is -0.119. The summed E-state index contributed by atoms with van der Waals surface area (Å²) in [5.74, 6) is 0.321. The van der Waals surface area contributed by atoms with Crippen LogP contribution in [0.2, 0.25) is 0 Å². The van der Waals surface area contributed by atoms with Crippen molar-refractivity contribution in [3.05, 3.63) is 70.3 Å². The highest BCUT2D eigenvalue weighted by Crippen LogP contribution is 2.21. The van der Waals surface area contributed by atoms with Gasteiger partial charge in [0.2, 0.25) is 5.91 Å². The quantitative estimate of drug-likeness (QED) is 0.737. The summed E-state index contributed by atoms with van der Waals surface area (Å²) in [6.07, 6.45) is 1.47. The van der Waals surface area contributed by atoms with Crippen molar-refractivity contribution in [1.29, 1.82) is 0 Å². The van der Waals surface area contributed by atoms with E-state index in [9.17, 15) is 9.59 Å². The zero-order valence-electron chi connectivity index (χ0n) is 16.3. The first-order valence-corrected chi connectivity index (χ1v) is 8.87. The summed E-state index contributed by atoms with van der Waals surface area (Å²) >= 11 is 0. The Hall–Kier alpha value is -3.48. The van der Waals surface area contributed by atoms with E-state index < -0.39 is 11.7 Å². The Morgan fingerprint density at radius 3 is 2.64 bits per heavy atom. The second-order valence-corrected chi connectivity index (χ2v) is 6.58. The van der Waals surface area contributed by atoms with Gasteiger partial charge in [-0.3, -0.25) is 4.79 Å². The first-order valence-electron chi connectivity index (χ1n) is 8.87. The molecule has 0 bridgehead atoms. The van der Waals surface area contributed by atoms with Gasteiger partial charge in [-0.25, -0.2) is 9.48 Å². The number of carbonyl (C=O) groups excluding carboxylic acids is 1. The molecule has 7 nitrogen and oxygen atoms in total. The van der Waals surface area contributed by atoms with Crippen LogP contribution in [0.5, 0.6) is 5.75 Å². The van der Waals surface area contributed by atoms with Gasteiger partial charge in [-0.1, -0.05) is 29.8 Å². The Morgan fingerprint density at radius 1 is 1.18 bits per heavy atom. The van der Waals surface area contributed by atoms with Crippen LogP contribution in [-0.4, -0.2) is 27.8 Å². The molecule has 0 saturated heterocycles. The molecule has 0 saturated carbocycles. The molecule has 0 spiro atoms. The van der Waals surface area contributed by atoms with Gasteiger partial charge in [0.25, 0.3) is 0 Å². The first kappa shape index (κ1) is 19.3. The van der Waals surface area contributed by atoms with E-state index in [4.69, 9.17) is 4.74 Å². The predicted octanol–water partition coefficient (Wildman–Crippen LogP) is 3.13. The third-order valence-corrected chi connectivity index (χ3v) is 4.47. The van der Waals surface area contributed by atoms with Crippen LogP contribution >= 0.6 is 0 Å². The molecule has 1 atom stereocenters. The van der Waals surface area contributed by atoms with Gasteiger partial charge < -0.3 is 10.1 Å². The molecule has 2 aromatic carbocycles. The van der Waals surface area contributed by atoms with Crippen molar-refractivity contribution in [2.45, 2.75) is 26.8 Å². The average Bonchev–Trinajstić information content (AvgIpc) is 2.69. The highest BCUT2D eigenvalue weighted by atomic mass is 16.5. The van der Waals surface area contributed by atoms with E-state index in [-0.39, 0.29) is 5.91 Å². The highest BCUT2D eigenvalue weighted by Gasteiger charge is 2.19. The number of amides is 1. The first-order chi connectivity index (χ1) is 13.4. The fourth-order valence-corrected chi connectivity index (χ4v) is 2.84. The number of nitrogens with zero attached hydrogens (tertiary/aromatic N) is 3. The Kier molecular flexibility index (Phi) is 5.54. The average molecular weight is 378 g/mol. The van der Waals surface area contributed by atoms with Crippen molar-refractivity contribution in [3.8, 4) is 17.0 Å². The molecule has 0 fully saturated rings. The smallest absolute Gasteiger partial charge is 0.365 e. The number of benzene rings is 2. The van der Waals surface area contributed by atoms with Gasteiger partial charge in [0.1, 0.15) is 11.8 Å². The van der Waals surface area contributed by atoms with E-state index in [2.05, 4.69) is 15.4 Å². The summed E-state index contributed by atoms with van der Waals surface area (Å²) in [4.78, 5) is 29.1. The summed E-state index contributed by atoms with van der Waals surface area (Å²) in [6, 6.07) is 12.1. The van der Waals surface area contributed by atoms with Crippen LogP contribution in [0.15, 0.2) is 53.5 Å². The Morgan fingerprint density at radius 2 is 1.96 bits per heavy atom. The number of hydrogen-bond acceptors (Lipinski definition) is 5. The molecule has 0 aliphatic heterocycles. The van der Waals surface area contributed by atoms with Crippen molar-refractivity contribution < 1.29 is 9.53 Å². The number of hydrogen-bond donors (Lipinski definition) is 1. The number of aryl methyl sites for hydroxylation is 2. The summed E-state index contributed by atoms with van der Waals surface area (Å²) in [6.45, 7) is 5.52. The number of methoxy groups -OCH3 is 1. The largest absolute Gasteiger partial charge is 0.497 e. The number of rotatable bonds is 5. The van der Waals surface area contributed by atoms with Crippen molar-refractivity contribution in [1.82, 2.24) is 14.8 Å². The normalized spacial score (nSPS) is 11.7. The summed E-state index contributed by atoms with van der Waals surface area (Å²) in [5, 5.41) is 6.99. The van der Waals surface area contributed by atoms with Crippen molar-refractivity contribution in [2.24, 2.45) is 0 Å². The zero-order chi connectivity index (χ0) is 20.3. The lowest BCUT2D eigenvalue weighted by Gasteiger charge is -2.15. The zero-order valence-corrected chi connectivity index (χ0v) is 16.3. The molecule has 144 valence electrons. The minimum absolute atomic E-state index is 0.336. The molecular weight excluding hydrogens is 356 g/mol. The fourth-order valence-electron chi connectivity index (χ4n) is 2.84. The number of ether oxygens (including phenoxy) is 1. The fraction of sp³-hybridized carbons (Fsp3) is 0.238. The molecule has 0 aliphatic carbocycles. The van der Waals surface area contributed by atoms with E-state index in [0.717, 1.165) is 15.8 Å². The maximum Gasteiger partial charge on any atom is 0.365 e. The number of carbonyl (C=O) groups is 1. The predicted molar refractivity (Wildman–Crippen MR) is 108 cm³/mol. The number of anilines is 1. The molecule has 0 radical (unpaired) electrons. The molecule has 28 heavy (non-hydrogen) atoms. The van der Waals surface area contributed by atoms with Crippen LogP contribution in [0.4, 0.5) is 5.69 Å². The van der Waals surface area contributed by atoms with E-state index in [1.807, 2.05) is 38.1 Å². The maximum atomic E-state index is 12.6. The van der Waals surface area contributed by atoms with Crippen LogP contribution in [0.3, 0.4) is 0 Å². The lowest BCUT2D eigenvalue weighted by atomic mass is 10.1. The van der Waals surface area contributed by atoms with E-state index in [1.165, 1.54) is 6.20 Å². The Labute approximate surface area is 163 Å². The molecule has 1 aromatic heterocycles. The van der Waals surface area contributed by atoms with Crippen LogP contribution in [0.1, 0.15) is 24.1 Å². The molecule has 0 unspecified atom stereocenters. The van der Waals surface area contributed by atoms with E-state index in [1.54, 1.807) is 32.2 Å². The standard InChI is InChI=1S/C21H22N4O3/c1-13-8-9-18(14(2)10-13)23-20(26)15(3)25-21(27)24-19(12-22-25)16-6-5-7-17(11-16)28-4/h5-12,15H,1-4H3,(H,23,26)/t15-/m1/s1. The van der Waals surface area contributed by atoms with Gasteiger partial charge in [0, 0.05) is 11.3 Å². The van der Waals surface area contributed by atoms with Crippen molar-refractivity contribution >= 4 is 11.6 Å². The van der Waals surface area contributed by atoms with Gasteiger partial charge in [-0.15, -0.1) is 0 Å². The van der Waals surface area contributed by atoms with Crippen LogP contribution < -0.4 is 15.7 Å². The molecule has 1 N–H and O–H groups in total. The van der Waals surface area contributed by atoms with Crippen LogP contribution in [-0.2, 0) is 4.79 Å². The summed E-state index contributed by atoms with van der Waals surface area (Å²) in [7, 11) is 1.57. The van der Waals surface area contributed by atoms with Gasteiger partial charge >= 0.3 is 5.69 Å². The van der Waals surface area contributed by atoms with Gasteiger partial charge in [0.15, 0.2) is 0 Å². The number of aromatic nitrogens is 3. The van der Waals surface area contributed by atoms with Gasteiger partial charge in [0.05, 0.1) is 19.0 Å². The summed E-state index contributed by atoms with van der Waals surface area (Å²) < 4.78 is 6.26. The maximum absolute atomic E-state index is 12.6. The second kappa shape index (κ2) is 8.04. The third-order valence-electron chi connectivity index (χ3n) is 4.47. The molecule has 7 heteroatoms. The van der Waals surface area contributed by atoms with Crippen molar-refractivity contribution in [2.75, 3.05) is 12.4 Å². The highest BCUT2D eigenvalue weighted by molar-refractivity contribution is 5.94. The SMILES string of the molecule is COc1cccc(-c2cnn([C@H](C)C(=O)Nc3ccc(C)cc3C)c(=O)n2)c1. The molecule has 3 rings (SSSR count). The summed E-state index contributed by atoms with van der Waals surface area (Å²) in [5.41, 5.74) is 3.30. The van der Waals surface area contributed by atoms with Crippen molar-refractivity contribution in [3.63, 3.8) is 0 Å². The third kappa shape index (κ3) is 4.09. The molecule has 1 heterocycles. The number of nitrogens with one attached hydrogen (secondary N) is 1. The van der Waals surface area contributed by atoms with E-state index in [0.29, 0.717) is 22.7 Å². The monoisotopic (exact) mass is 378 g/mol.